The van der Waals surface area contributed by atoms with Crippen molar-refractivity contribution in [3.8, 4) is 0 Å². The number of Topliss-reactive ketones (excluding diaryl/α,β-unsaturated/α-hetero) is 2. The molecule has 42 heteroatoms. The molecule has 11 heterocycles. The van der Waals surface area contributed by atoms with E-state index in [1.54, 1.807) is 13.8 Å². The number of imidazole rings is 1. The van der Waals surface area contributed by atoms with Crippen LogP contribution in [-0.4, -0.2) is 113 Å². The summed E-state index contributed by atoms with van der Waals surface area (Å²) in [5.74, 6) is 17.1. The number of unbranched alkanes of at least 4 members (excludes halogenated alkanes) is 13. The molecule has 0 amide bonds. The third-order valence-corrected chi connectivity index (χ3v) is 24.9. The number of nitrogens with two attached hydrogens (primary N) is 3. The van der Waals surface area contributed by atoms with Gasteiger partial charge in [-0.2, -0.15) is 31.6 Å². The zero-order chi connectivity index (χ0) is 97.8. The fourth-order valence-electron chi connectivity index (χ4n) is 17.3. The molecule has 0 spiro atoms. The fraction of sp³-hybridized carbons (Fsp3) is 0.400. The van der Waals surface area contributed by atoms with E-state index in [-0.39, 0.29) is 30.2 Å². The van der Waals surface area contributed by atoms with Gasteiger partial charge in [-0.1, -0.05) is 78.4 Å². The van der Waals surface area contributed by atoms with Crippen LogP contribution in [0.1, 0.15) is 170 Å². The van der Waals surface area contributed by atoms with Gasteiger partial charge in [0.25, 0.3) is 5.84 Å². The third kappa shape index (κ3) is 34.6. The van der Waals surface area contributed by atoms with Crippen LogP contribution < -0.4 is 57.2 Å². The second-order valence-corrected chi connectivity index (χ2v) is 34.2. The predicted molar refractivity (Wildman–Crippen MR) is 481 cm³/mol. The second kappa shape index (κ2) is 65.7. The number of benzene rings is 3. The minimum absolute atomic E-state index is 0.0556. The number of hydrogen-bond donors (Lipinski definition) is 7. The summed E-state index contributed by atoms with van der Waals surface area (Å²) in [5.41, 5.74) is 7.11. The molecule has 132 heavy (non-hydrogen) atoms. The van der Waals surface area contributed by atoms with Crippen LogP contribution in [0.15, 0.2) is 190 Å². The molecule has 3 aromatic carbocycles. The van der Waals surface area contributed by atoms with Crippen molar-refractivity contribution in [2.75, 3.05) is 63.0 Å². The van der Waals surface area contributed by atoms with Gasteiger partial charge in [0.1, 0.15) is 25.1 Å². The molecule has 696 valence electrons. The van der Waals surface area contributed by atoms with Gasteiger partial charge < -0.3 is 26.0 Å². The van der Waals surface area contributed by atoms with E-state index in [4.69, 9.17) is 106 Å². The molecule has 0 radical (unpaired) electrons. The Morgan fingerprint density at radius 3 is 1.36 bits per heavy atom. The van der Waals surface area contributed by atoms with Crippen LogP contribution >= 0.6 is 72.8 Å². The maximum atomic E-state index is 12.5. The number of nitrogens with one attached hydrogen (secondary N) is 4. The van der Waals surface area contributed by atoms with Crippen molar-refractivity contribution < 1.29 is 125 Å². The monoisotopic (exact) mass is 1920 g/mol. The summed E-state index contributed by atoms with van der Waals surface area (Å²) < 4.78 is 102. The van der Waals surface area contributed by atoms with Gasteiger partial charge in [0.2, 0.25) is 17.1 Å². The summed E-state index contributed by atoms with van der Waals surface area (Å²) >= 11 is 19.6. The summed E-state index contributed by atoms with van der Waals surface area (Å²) in [6, 6.07) is 42.7. The number of anilines is 2. The van der Waals surface area contributed by atoms with Crippen LogP contribution in [0, 0.1) is 59.9 Å². The zero-order valence-electron chi connectivity index (χ0n) is 73.2. The van der Waals surface area contributed by atoms with E-state index in [9.17, 15) is 14.4 Å². The molecular formula is C90H109N17O19S6+8. The number of nitrogens with zero attached hydrogens (tertiary/aromatic N) is 10. The van der Waals surface area contributed by atoms with Gasteiger partial charge in [0.05, 0.1) is 62.0 Å². The molecule has 0 saturated carbocycles. The predicted octanol–water partition coefficient (Wildman–Crippen LogP) is 11.2. The van der Waals surface area contributed by atoms with Gasteiger partial charge in [0.15, 0.2) is 86.2 Å². The second-order valence-electron chi connectivity index (χ2n) is 30.5. The van der Waals surface area contributed by atoms with Gasteiger partial charge in [0, 0.05) is 88.9 Å². The number of esters is 1. The van der Waals surface area contributed by atoms with E-state index in [2.05, 4.69) is 217 Å². The molecular weight excluding hydrogens is 1820 g/mol. The first-order valence-electron chi connectivity index (χ1n) is 41.3. The van der Waals surface area contributed by atoms with E-state index in [0.29, 0.717) is 45.1 Å². The summed E-state index contributed by atoms with van der Waals surface area (Å²) in [6.45, 7) is 54.7. The average Bonchev–Trinajstić information content (AvgIpc) is 1.54. The number of fused-ring (bicyclic) bond motifs is 13. The Kier molecular flexibility index (Phi) is 58.0. The van der Waals surface area contributed by atoms with Crippen LogP contribution in [0.5, 0.6) is 0 Å². The molecule has 5 atom stereocenters. The number of ether oxygens (including phenoxy) is 1. The molecule has 2 saturated heterocycles. The first-order valence-corrected chi connectivity index (χ1v) is 44.8. The normalized spacial score (nSPS) is 18.4. The van der Waals surface area contributed by atoms with E-state index in [0.717, 1.165) is 192 Å². The number of ketones is 2. The Morgan fingerprint density at radius 1 is 0.492 bits per heavy atom. The summed E-state index contributed by atoms with van der Waals surface area (Å²) in [5, 5.41) is 14.2. The number of amidine groups is 1. The molecule has 14 rings (SSSR count). The number of aliphatic imine (C=N–C) groups is 1. The van der Waals surface area contributed by atoms with Crippen LogP contribution in [0.2, 0.25) is 0 Å². The fourth-order valence-corrected chi connectivity index (χ4v) is 19.2. The van der Waals surface area contributed by atoms with Crippen molar-refractivity contribution >= 4 is 123 Å². The number of quaternary nitrogens is 4. The molecule has 2 fully saturated rings. The SMILES string of the molecule is CC(=O)C[n+]1ccn2c1C[N+]1(CCCCCCCCCC(=S)Cc3ccc(SOON)cc3)CC3=NC=C[N+]3(CC(C)=O)C21.NOOSc1ccc(NC(=S)NCCCCCCCC[N+]23CC(=O)OC2[n+]2ccccc2C3)cc1.NOOSc1ccc(NC(=S)NCCCCC[N+]23Cc4cccc[n+]4C2[n+]2ccccc2C3)cc1.[C-]#[O+].[C-]#[O+].[C-]#[O+].[C-]#[O+].[C-]#[O+].[C-]#[O+].[C-]#[O+].[C-]#[O+].[C-]#[O+]. The Labute approximate surface area is 798 Å². The van der Waals surface area contributed by atoms with Crippen molar-refractivity contribution in [2.24, 2.45) is 22.7 Å². The number of rotatable bonds is 42. The Bertz CT molecular complexity index is 4870. The van der Waals surface area contributed by atoms with Crippen LogP contribution in [0.4, 0.5) is 11.4 Å². The first-order chi connectivity index (χ1) is 64.5. The van der Waals surface area contributed by atoms with Crippen molar-refractivity contribution in [2.45, 2.75) is 196 Å². The standard InChI is InChI=1S/C32H45N6O4S2.C25H30N6O2S2.C24H32N5O4S2.9CO/c1-25(39)21-35-16-17-36-31(35)24-37(23-30-34-15-19-38(30,32(36)37)22-26(2)40)18-9-7-5-3-4-6-8-10-28(43)20-27-11-13-29(14-12-27)44-42-41-33;26-32-33-35-23-12-10-20(11-13-23)28-24(34)27-14-4-1-7-17-31-18-21-8-2-5-15-29(21)25(31)30-16-6-3-9-22(30)19-31;25-32-33-35-21-12-10-19(11-13-21)27-23(34)26-14-6-3-1-2-4-8-16-29-17-20-9-5-7-15-28(20)24(29)31-22(30)18-29;9*1-2/h11-17,19,32H,3-10,18,20-24,33H2,1-2H3;2-3,5-6,8-13,15-16,25H,1,4,7,14,17-19,26H2,(H-,27,28,34);5,7,9-13,15,24H,1-4,6,8,14,16-18,25H2,(H-,26,27,34);;;;;;;;;/q+3;+2;+1;;;;;;;;;/p+2. The summed E-state index contributed by atoms with van der Waals surface area (Å²) in [6.07, 6.45) is 35.3. The van der Waals surface area contributed by atoms with Gasteiger partial charge >= 0.3 is 132 Å². The molecule has 7 aromatic rings. The molecule has 0 bridgehead atoms. The number of carbonyl (C=O) groups is 3. The number of carbonyl (C=O) groups excluding carboxylic acids is 3. The van der Waals surface area contributed by atoms with E-state index in [1.165, 1.54) is 99.2 Å². The van der Waals surface area contributed by atoms with Crippen LogP contribution in [0.25, 0.3) is 0 Å². The molecule has 7 aliphatic rings. The Hall–Kier alpha value is -9.80. The Morgan fingerprint density at radius 2 is 0.902 bits per heavy atom. The van der Waals surface area contributed by atoms with Gasteiger partial charge in [-0.05, 0) is 185 Å². The van der Waals surface area contributed by atoms with E-state index >= 15 is 0 Å². The molecule has 10 N–H and O–H groups in total. The molecule has 36 nitrogen and oxygen atoms in total. The van der Waals surface area contributed by atoms with Crippen molar-refractivity contribution in [3.63, 3.8) is 0 Å². The number of thiocarbonyl (C=S) groups is 3. The van der Waals surface area contributed by atoms with Gasteiger partial charge in [-0.25, -0.2) is 18.3 Å². The van der Waals surface area contributed by atoms with Crippen LogP contribution in [0.3, 0.4) is 0 Å². The number of pyridine rings is 3. The minimum atomic E-state index is -0.182. The number of hydrogen-bond acceptors (Lipinski definition) is 20. The topological polar surface area (TPSA) is 454 Å². The molecule has 7 aliphatic heterocycles. The molecule has 0 aliphatic carbocycles. The van der Waals surface area contributed by atoms with E-state index in [1.807, 2.05) is 85.3 Å². The maximum absolute atomic E-state index is 12.5. The van der Waals surface area contributed by atoms with Crippen LogP contribution in [-0.2, 0) is 128 Å². The average molecular weight is 1930 g/mol. The van der Waals surface area contributed by atoms with Gasteiger partial charge in [-0.15, -0.1) is 37.1 Å². The van der Waals surface area contributed by atoms with Crippen molar-refractivity contribution in [1.29, 1.82) is 0 Å². The number of aromatic nitrogens is 5. The molecule has 5 unspecified atom stereocenters. The van der Waals surface area contributed by atoms with E-state index < -0.39 is 0 Å². The van der Waals surface area contributed by atoms with Crippen molar-refractivity contribution in [1.82, 2.24) is 15.2 Å². The molecule has 4 aromatic heterocycles. The Balaban J connectivity index is 0.000000472. The summed E-state index contributed by atoms with van der Waals surface area (Å²) in [7, 11) is 0. The third-order valence-electron chi connectivity index (χ3n) is 22.3. The van der Waals surface area contributed by atoms with Crippen molar-refractivity contribution in [3.05, 3.63) is 259 Å². The van der Waals surface area contributed by atoms with Gasteiger partial charge in [-0.3, -0.25) is 9.59 Å². The summed E-state index contributed by atoms with van der Waals surface area (Å²) in [4.78, 5) is 57.3. The first kappa shape index (κ1) is 116. The quantitative estimate of drug-likeness (QED) is 0.00178. The zero-order valence-corrected chi connectivity index (χ0v) is 78.1.